The van der Waals surface area contributed by atoms with E-state index < -0.39 is 22.8 Å². The number of nitrogens with one attached hydrogen (secondary N) is 3. The van der Waals surface area contributed by atoms with Crippen molar-refractivity contribution in [3.8, 4) is 33.8 Å². The fraction of sp³-hybridized carbons (Fsp3) is 0.129. The van der Waals surface area contributed by atoms with E-state index in [0.717, 1.165) is 34.5 Å². The highest BCUT2D eigenvalue weighted by Gasteiger charge is 2.33. The summed E-state index contributed by atoms with van der Waals surface area (Å²) in [5.74, 6) is 0.744. The number of phenolic OH excluding ortho intramolecular Hbond substituents is 1. The van der Waals surface area contributed by atoms with Crippen LogP contribution in [-0.4, -0.2) is 39.0 Å². The Labute approximate surface area is 250 Å². The zero-order valence-electron chi connectivity index (χ0n) is 22.6. The van der Waals surface area contributed by atoms with Crippen molar-refractivity contribution in [3.05, 3.63) is 108 Å². The fourth-order valence-corrected chi connectivity index (χ4v) is 4.59. The number of para-hydroxylation sites is 1. The summed E-state index contributed by atoms with van der Waals surface area (Å²) in [6.07, 6.45) is -0.504. The second-order valence-corrected chi connectivity index (χ2v) is 9.91. The number of rotatable bonds is 9. The summed E-state index contributed by atoms with van der Waals surface area (Å²) in [6.45, 7) is 0.738. The number of aromatic hydroxyl groups is 1. The minimum Gasteiger partial charge on any atom is -0.508 e. The molecule has 2 aromatic heterocycles. The molecule has 4 N–H and O–H groups in total. The van der Waals surface area contributed by atoms with E-state index in [2.05, 4.69) is 20.9 Å². The number of carbonyl (C=O) groups is 1. The van der Waals surface area contributed by atoms with Crippen LogP contribution in [-0.2, 0) is 6.18 Å². The number of hydrogen-bond acceptors (Lipinski definition) is 5. The summed E-state index contributed by atoms with van der Waals surface area (Å²) in [5.41, 5.74) is 2.99. The van der Waals surface area contributed by atoms with Crippen LogP contribution in [0.15, 0.2) is 97.3 Å². The molecule has 43 heavy (non-hydrogen) atoms. The first-order chi connectivity index (χ1) is 20.7. The van der Waals surface area contributed by atoms with E-state index in [1.54, 1.807) is 29.1 Å². The standard InChI is InChI=1S/C31H26ClF3N6O2/c32-27-11-10-22(18-26(27)31(33,34)35)39-30(43)38-14-5-13-36-28-17-20(12-15-37-28)25-19-41(23-7-2-1-3-8-23)40-29(25)21-6-4-9-24(42)16-21/h1-4,6-12,15-19,42H,5,13-14H2,(H,36,37)(H2,38,39,43). The van der Waals surface area contributed by atoms with Gasteiger partial charge in [-0.25, -0.2) is 14.5 Å². The number of pyridine rings is 1. The molecule has 0 bridgehead atoms. The molecular formula is C31H26ClF3N6O2. The van der Waals surface area contributed by atoms with E-state index in [4.69, 9.17) is 16.7 Å². The van der Waals surface area contributed by atoms with Gasteiger partial charge in [0.05, 0.1) is 16.3 Å². The summed E-state index contributed by atoms with van der Waals surface area (Å²) >= 11 is 5.63. The molecule has 0 atom stereocenters. The lowest BCUT2D eigenvalue weighted by Crippen LogP contribution is -2.30. The Morgan fingerprint density at radius 1 is 0.930 bits per heavy atom. The molecule has 3 aromatic carbocycles. The number of urea groups is 1. The molecule has 0 aliphatic heterocycles. The number of amides is 2. The van der Waals surface area contributed by atoms with Gasteiger partial charge in [-0.05, 0) is 66.6 Å². The monoisotopic (exact) mass is 606 g/mol. The van der Waals surface area contributed by atoms with Gasteiger partial charge in [0.25, 0.3) is 0 Å². The topological polar surface area (TPSA) is 104 Å². The third kappa shape index (κ3) is 7.44. The van der Waals surface area contributed by atoms with Crippen molar-refractivity contribution in [2.45, 2.75) is 12.6 Å². The van der Waals surface area contributed by atoms with Crippen molar-refractivity contribution in [1.29, 1.82) is 0 Å². The van der Waals surface area contributed by atoms with Crippen molar-refractivity contribution >= 4 is 29.1 Å². The predicted octanol–water partition coefficient (Wildman–Crippen LogP) is 7.60. The number of hydrogen-bond donors (Lipinski definition) is 4. The molecule has 0 aliphatic carbocycles. The van der Waals surface area contributed by atoms with E-state index in [-0.39, 0.29) is 18.0 Å². The van der Waals surface area contributed by atoms with Crippen molar-refractivity contribution in [1.82, 2.24) is 20.1 Å². The third-order valence-electron chi connectivity index (χ3n) is 6.40. The molecule has 12 heteroatoms. The van der Waals surface area contributed by atoms with Gasteiger partial charge in [-0.3, -0.25) is 0 Å². The highest BCUT2D eigenvalue weighted by molar-refractivity contribution is 6.31. The predicted molar refractivity (Wildman–Crippen MR) is 160 cm³/mol. The summed E-state index contributed by atoms with van der Waals surface area (Å²) in [5, 5.41) is 22.7. The summed E-state index contributed by atoms with van der Waals surface area (Å²) < 4.78 is 41.0. The van der Waals surface area contributed by atoms with E-state index >= 15 is 0 Å². The number of nitrogens with zero attached hydrogens (tertiary/aromatic N) is 3. The largest absolute Gasteiger partial charge is 0.508 e. The fourth-order valence-electron chi connectivity index (χ4n) is 4.36. The highest BCUT2D eigenvalue weighted by Crippen LogP contribution is 2.36. The first kappa shape index (κ1) is 29.5. The van der Waals surface area contributed by atoms with E-state index in [0.29, 0.717) is 24.5 Å². The Morgan fingerprint density at radius 2 is 1.74 bits per heavy atom. The minimum absolute atomic E-state index is 0.0194. The van der Waals surface area contributed by atoms with Crippen LogP contribution in [0.4, 0.5) is 29.5 Å². The van der Waals surface area contributed by atoms with Crippen molar-refractivity contribution in [2.75, 3.05) is 23.7 Å². The molecule has 5 aromatic rings. The zero-order valence-corrected chi connectivity index (χ0v) is 23.3. The number of halogens is 4. The molecule has 2 heterocycles. The quantitative estimate of drug-likeness (QED) is 0.129. The SMILES string of the molecule is O=C(NCCCNc1cc(-c2cn(-c3ccccc3)nc2-c2cccc(O)c2)ccn1)Nc1ccc(Cl)c(C(F)(F)F)c1. The molecule has 0 fully saturated rings. The first-order valence-corrected chi connectivity index (χ1v) is 13.6. The molecule has 2 amide bonds. The van der Waals surface area contributed by atoms with E-state index in [1.807, 2.05) is 54.7 Å². The molecule has 0 radical (unpaired) electrons. The Hall–Kier alpha value is -5.03. The summed E-state index contributed by atoms with van der Waals surface area (Å²) in [7, 11) is 0. The molecule has 0 unspecified atom stereocenters. The summed E-state index contributed by atoms with van der Waals surface area (Å²) in [6, 6.07) is 22.9. The number of carbonyl (C=O) groups excluding carboxylic acids is 1. The number of aromatic nitrogens is 3. The molecule has 0 saturated carbocycles. The summed E-state index contributed by atoms with van der Waals surface area (Å²) in [4.78, 5) is 16.6. The number of anilines is 2. The van der Waals surface area contributed by atoms with Crippen LogP contribution in [0.25, 0.3) is 28.1 Å². The van der Waals surface area contributed by atoms with Crippen LogP contribution in [0, 0.1) is 0 Å². The van der Waals surface area contributed by atoms with Gasteiger partial charge in [-0.1, -0.05) is 41.9 Å². The average molecular weight is 607 g/mol. The van der Waals surface area contributed by atoms with E-state index in [1.165, 1.54) is 6.07 Å². The van der Waals surface area contributed by atoms with Gasteiger partial charge in [0.1, 0.15) is 17.3 Å². The zero-order chi connectivity index (χ0) is 30.4. The van der Waals surface area contributed by atoms with Crippen LogP contribution in [0.5, 0.6) is 5.75 Å². The van der Waals surface area contributed by atoms with E-state index in [9.17, 15) is 23.1 Å². The Kier molecular flexibility index (Phi) is 8.82. The van der Waals surface area contributed by atoms with Crippen molar-refractivity contribution in [2.24, 2.45) is 0 Å². The maximum atomic E-state index is 13.1. The van der Waals surface area contributed by atoms with Gasteiger partial charge >= 0.3 is 12.2 Å². The normalized spacial score (nSPS) is 11.3. The number of phenols is 1. The Balaban J connectivity index is 1.21. The lowest BCUT2D eigenvalue weighted by Gasteiger charge is -2.12. The smallest absolute Gasteiger partial charge is 0.417 e. The molecule has 0 aliphatic rings. The first-order valence-electron chi connectivity index (χ1n) is 13.2. The van der Waals surface area contributed by atoms with Crippen LogP contribution < -0.4 is 16.0 Å². The van der Waals surface area contributed by atoms with Crippen LogP contribution >= 0.6 is 11.6 Å². The highest BCUT2D eigenvalue weighted by atomic mass is 35.5. The molecule has 0 saturated heterocycles. The van der Waals surface area contributed by atoms with Gasteiger partial charge in [0.15, 0.2) is 0 Å². The Bertz CT molecular complexity index is 1730. The van der Waals surface area contributed by atoms with Gasteiger partial charge < -0.3 is 21.1 Å². The van der Waals surface area contributed by atoms with Crippen LogP contribution in [0.3, 0.4) is 0 Å². The molecular weight excluding hydrogens is 581 g/mol. The molecule has 8 nitrogen and oxygen atoms in total. The molecule has 220 valence electrons. The second kappa shape index (κ2) is 12.9. The van der Waals surface area contributed by atoms with Crippen LogP contribution in [0.2, 0.25) is 5.02 Å². The third-order valence-corrected chi connectivity index (χ3v) is 6.73. The second-order valence-electron chi connectivity index (χ2n) is 9.51. The lowest BCUT2D eigenvalue weighted by atomic mass is 10.0. The van der Waals surface area contributed by atoms with Crippen LogP contribution in [0.1, 0.15) is 12.0 Å². The number of benzene rings is 3. The van der Waals surface area contributed by atoms with Gasteiger partial charge in [-0.15, -0.1) is 0 Å². The maximum Gasteiger partial charge on any atom is 0.417 e. The average Bonchev–Trinajstić information content (AvgIpc) is 3.44. The maximum absolute atomic E-state index is 13.1. The number of alkyl halides is 3. The van der Waals surface area contributed by atoms with Gasteiger partial charge in [-0.2, -0.15) is 18.3 Å². The minimum atomic E-state index is -4.63. The van der Waals surface area contributed by atoms with Crippen molar-refractivity contribution in [3.63, 3.8) is 0 Å². The van der Waals surface area contributed by atoms with Crippen molar-refractivity contribution < 1.29 is 23.1 Å². The lowest BCUT2D eigenvalue weighted by molar-refractivity contribution is -0.137. The molecule has 5 rings (SSSR count). The van der Waals surface area contributed by atoms with Gasteiger partial charge in [0.2, 0.25) is 0 Å². The molecule has 0 spiro atoms. The Morgan fingerprint density at radius 3 is 2.51 bits per heavy atom. The van der Waals surface area contributed by atoms with Gasteiger partial charge in [0, 0.05) is 42.3 Å².